The Morgan fingerprint density at radius 3 is 1.73 bits per heavy atom. The van der Waals surface area contributed by atoms with Gasteiger partial charge in [-0.15, -0.1) is 0 Å². The number of aryl methyl sites for hydroxylation is 1. The van der Waals surface area contributed by atoms with Gasteiger partial charge in [0.05, 0.1) is 0 Å². The SMILES string of the molecule is Cc1ccc(-c2c(O)c3ccccc3c3ccccc23)cc1. The van der Waals surface area contributed by atoms with Crippen LogP contribution in [0.1, 0.15) is 5.56 Å². The summed E-state index contributed by atoms with van der Waals surface area (Å²) in [5.74, 6) is 0.359. The molecule has 4 aromatic rings. The summed E-state index contributed by atoms with van der Waals surface area (Å²) in [4.78, 5) is 0. The van der Waals surface area contributed by atoms with Crippen LogP contribution in [0.4, 0.5) is 0 Å². The largest absolute Gasteiger partial charge is 0.507 e. The van der Waals surface area contributed by atoms with Gasteiger partial charge in [-0.2, -0.15) is 0 Å². The molecule has 0 saturated carbocycles. The molecule has 0 saturated heterocycles. The van der Waals surface area contributed by atoms with Crippen LogP contribution in [0, 0.1) is 6.92 Å². The minimum atomic E-state index is 0.359. The molecule has 106 valence electrons. The molecule has 0 aliphatic carbocycles. The lowest BCUT2D eigenvalue weighted by Crippen LogP contribution is -1.86. The Balaban J connectivity index is 2.20. The zero-order chi connectivity index (χ0) is 15.1. The van der Waals surface area contributed by atoms with Crippen molar-refractivity contribution >= 4 is 21.5 Å². The predicted octanol–water partition coefficient (Wildman–Crippen LogP) is 5.67. The number of phenolic OH excluding ortho intramolecular Hbond substituents is 1. The molecule has 22 heavy (non-hydrogen) atoms. The fraction of sp³-hybridized carbons (Fsp3) is 0.0476. The van der Waals surface area contributed by atoms with Crippen molar-refractivity contribution in [3.05, 3.63) is 78.4 Å². The molecule has 0 radical (unpaired) electrons. The van der Waals surface area contributed by atoms with E-state index >= 15 is 0 Å². The lowest BCUT2D eigenvalue weighted by molar-refractivity contribution is 0.484. The molecule has 0 amide bonds. The van der Waals surface area contributed by atoms with Gasteiger partial charge in [0.25, 0.3) is 0 Å². The smallest absolute Gasteiger partial charge is 0.131 e. The molecule has 0 unspecified atom stereocenters. The highest BCUT2D eigenvalue weighted by Gasteiger charge is 2.14. The van der Waals surface area contributed by atoms with Crippen molar-refractivity contribution in [2.45, 2.75) is 6.92 Å². The monoisotopic (exact) mass is 284 g/mol. The Labute approximate surface area is 129 Å². The third-order valence-corrected chi connectivity index (χ3v) is 4.25. The number of phenols is 1. The van der Waals surface area contributed by atoms with Crippen molar-refractivity contribution in [2.75, 3.05) is 0 Å². The van der Waals surface area contributed by atoms with Crippen LogP contribution in [0.5, 0.6) is 5.75 Å². The number of hydrogen-bond acceptors (Lipinski definition) is 1. The van der Waals surface area contributed by atoms with Crippen molar-refractivity contribution in [1.29, 1.82) is 0 Å². The average molecular weight is 284 g/mol. The number of aromatic hydroxyl groups is 1. The van der Waals surface area contributed by atoms with Crippen molar-refractivity contribution < 1.29 is 5.11 Å². The summed E-state index contributed by atoms with van der Waals surface area (Å²) in [5, 5.41) is 15.1. The van der Waals surface area contributed by atoms with Crippen LogP contribution in [0.3, 0.4) is 0 Å². The second-order valence-corrected chi connectivity index (χ2v) is 5.68. The first-order valence-corrected chi connectivity index (χ1v) is 7.45. The molecule has 0 heterocycles. The fourth-order valence-electron chi connectivity index (χ4n) is 3.14. The van der Waals surface area contributed by atoms with E-state index in [0.717, 1.165) is 27.3 Å². The van der Waals surface area contributed by atoms with Crippen LogP contribution in [-0.4, -0.2) is 5.11 Å². The topological polar surface area (TPSA) is 20.2 Å². The summed E-state index contributed by atoms with van der Waals surface area (Å²) >= 11 is 0. The Kier molecular flexibility index (Phi) is 2.87. The number of rotatable bonds is 1. The second kappa shape index (κ2) is 4.88. The highest BCUT2D eigenvalue weighted by Crippen LogP contribution is 2.42. The van der Waals surface area contributed by atoms with Crippen LogP contribution >= 0.6 is 0 Å². The Bertz CT molecular complexity index is 982. The third-order valence-electron chi connectivity index (χ3n) is 4.25. The van der Waals surface area contributed by atoms with Gasteiger partial charge in [0.1, 0.15) is 5.75 Å². The molecule has 1 nitrogen and oxygen atoms in total. The first-order chi connectivity index (χ1) is 10.8. The van der Waals surface area contributed by atoms with Crippen LogP contribution in [0.15, 0.2) is 72.8 Å². The Morgan fingerprint density at radius 2 is 1.09 bits per heavy atom. The van der Waals surface area contributed by atoms with Gasteiger partial charge in [-0.25, -0.2) is 0 Å². The summed E-state index contributed by atoms with van der Waals surface area (Å²) in [6.07, 6.45) is 0. The van der Waals surface area contributed by atoms with Gasteiger partial charge < -0.3 is 5.11 Å². The number of hydrogen-bond donors (Lipinski definition) is 1. The molecule has 0 fully saturated rings. The average Bonchev–Trinajstić information content (AvgIpc) is 2.57. The maximum Gasteiger partial charge on any atom is 0.131 e. The van der Waals surface area contributed by atoms with Gasteiger partial charge >= 0.3 is 0 Å². The van der Waals surface area contributed by atoms with Crippen molar-refractivity contribution in [3.63, 3.8) is 0 Å². The highest BCUT2D eigenvalue weighted by molar-refractivity contribution is 6.17. The van der Waals surface area contributed by atoms with E-state index in [-0.39, 0.29) is 0 Å². The van der Waals surface area contributed by atoms with E-state index < -0.39 is 0 Å². The molecular weight excluding hydrogens is 268 g/mol. The van der Waals surface area contributed by atoms with E-state index in [2.05, 4.69) is 49.4 Å². The van der Waals surface area contributed by atoms with Crippen LogP contribution in [0.2, 0.25) is 0 Å². The lowest BCUT2D eigenvalue weighted by Gasteiger charge is -2.14. The minimum Gasteiger partial charge on any atom is -0.507 e. The molecule has 1 N–H and O–H groups in total. The number of benzene rings is 4. The first kappa shape index (κ1) is 12.9. The van der Waals surface area contributed by atoms with Gasteiger partial charge in [-0.05, 0) is 28.6 Å². The van der Waals surface area contributed by atoms with E-state index in [1.165, 1.54) is 10.9 Å². The molecular formula is C21H16O. The molecule has 0 aliphatic rings. The lowest BCUT2D eigenvalue weighted by atomic mass is 9.92. The van der Waals surface area contributed by atoms with Crippen LogP contribution in [-0.2, 0) is 0 Å². The van der Waals surface area contributed by atoms with E-state index in [1.807, 2.05) is 30.3 Å². The normalized spacial score (nSPS) is 11.1. The van der Waals surface area contributed by atoms with Gasteiger partial charge in [-0.1, -0.05) is 78.4 Å². The van der Waals surface area contributed by atoms with E-state index in [4.69, 9.17) is 0 Å². The maximum absolute atomic E-state index is 10.9. The van der Waals surface area contributed by atoms with Gasteiger partial charge in [-0.3, -0.25) is 0 Å². The van der Waals surface area contributed by atoms with Gasteiger partial charge in [0.2, 0.25) is 0 Å². The molecule has 1 heteroatoms. The van der Waals surface area contributed by atoms with Crippen molar-refractivity contribution in [1.82, 2.24) is 0 Å². The molecule has 0 spiro atoms. The van der Waals surface area contributed by atoms with Gasteiger partial charge in [0, 0.05) is 10.9 Å². The molecule has 0 aromatic heterocycles. The van der Waals surface area contributed by atoms with Crippen LogP contribution < -0.4 is 0 Å². The Hall–Kier alpha value is -2.80. The van der Waals surface area contributed by atoms with Gasteiger partial charge in [0.15, 0.2) is 0 Å². The Morgan fingerprint density at radius 1 is 0.591 bits per heavy atom. The maximum atomic E-state index is 10.9. The van der Waals surface area contributed by atoms with E-state index in [9.17, 15) is 5.11 Å². The standard InChI is InChI=1S/C21H16O/c1-14-10-12-15(13-11-14)20-18-8-4-2-6-16(18)17-7-3-5-9-19(17)21(20)22/h2-13,22H,1H3. The number of fused-ring (bicyclic) bond motifs is 3. The molecule has 0 aliphatic heterocycles. The highest BCUT2D eigenvalue weighted by atomic mass is 16.3. The van der Waals surface area contributed by atoms with Crippen molar-refractivity contribution in [3.8, 4) is 16.9 Å². The zero-order valence-electron chi connectivity index (χ0n) is 12.4. The third kappa shape index (κ3) is 1.86. The minimum absolute atomic E-state index is 0.359. The van der Waals surface area contributed by atoms with E-state index in [1.54, 1.807) is 0 Å². The summed E-state index contributed by atoms with van der Waals surface area (Å²) in [6.45, 7) is 2.07. The molecule has 4 rings (SSSR count). The predicted molar refractivity (Wildman–Crippen MR) is 93.3 cm³/mol. The van der Waals surface area contributed by atoms with Crippen LogP contribution in [0.25, 0.3) is 32.7 Å². The molecule has 0 bridgehead atoms. The van der Waals surface area contributed by atoms with Crippen molar-refractivity contribution in [2.24, 2.45) is 0 Å². The second-order valence-electron chi connectivity index (χ2n) is 5.68. The quantitative estimate of drug-likeness (QED) is 0.446. The summed E-state index contributed by atoms with van der Waals surface area (Å²) < 4.78 is 0. The zero-order valence-corrected chi connectivity index (χ0v) is 12.4. The summed E-state index contributed by atoms with van der Waals surface area (Å²) in [5.41, 5.74) is 3.17. The summed E-state index contributed by atoms with van der Waals surface area (Å²) in [7, 11) is 0. The first-order valence-electron chi connectivity index (χ1n) is 7.45. The summed E-state index contributed by atoms with van der Waals surface area (Å²) in [6, 6.07) is 24.6. The van der Waals surface area contributed by atoms with E-state index in [0.29, 0.717) is 5.75 Å². The molecule has 4 aromatic carbocycles. The molecule has 0 atom stereocenters. The fourth-order valence-corrected chi connectivity index (χ4v) is 3.14.